The summed E-state index contributed by atoms with van der Waals surface area (Å²) in [6.45, 7) is 2.81. The highest BCUT2D eigenvalue weighted by atomic mass is 35.5. The molecule has 1 saturated heterocycles. The molecule has 0 bridgehead atoms. The smallest absolute Gasteiger partial charge is 0.389 e. The molecule has 0 saturated carbocycles. The van der Waals surface area contributed by atoms with Gasteiger partial charge in [0.25, 0.3) is 0 Å². The molecule has 0 aliphatic carbocycles. The molecule has 1 N–H and O–H groups in total. The lowest BCUT2D eigenvalue weighted by atomic mass is 9.96. The Balaban J connectivity index is 0.00000338. The fraction of sp³-hybridized carbons (Fsp3) is 0.647. The third-order valence-corrected chi connectivity index (χ3v) is 4.38. The average Bonchev–Trinajstić information content (AvgIpc) is 2.61. The summed E-state index contributed by atoms with van der Waals surface area (Å²) in [7, 11) is 4.51. The van der Waals surface area contributed by atoms with Gasteiger partial charge in [0.05, 0.1) is 26.9 Å². The van der Waals surface area contributed by atoms with Gasteiger partial charge < -0.3 is 19.5 Å². The van der Waals surface area contributed by atoms with E-state index in [-0.39, 0.29) is 31.2 Å². The van der Waals surface area contributed by atoms with Crippen molar-refractivity contribution in [1.82, 2.24) is 10.2 Å². The van der Waals surface area contributed by atoms with Crippen molar-refractivity contribution >= 4 is 24.8 Å². The number of methoxy groups -OCH3 is 3. The van der Waals surface area contributed by atoms with Crippen LogP contribution in [0.5, 0.6) is 17.2 Å². The summed E-state index contributed by atoms with van der Waals surface area (Å²) in [5, 5.41) is 3.22. The summed E-state index contributed by atoms with van der Waals surface area (Å²) >= 11 is 0. The van der Waals surface area contributed by atoms with Crippen LogP contribution in [0, 0.1) is 0 Å². The minimum Gasteiger partial charge on any atom is -0.496 e. The van der Waals surface area contributed by atoms with E-state index in [1.807, 2.05) is 0 Å². The highest BCUT2D eigenvalue weighted by Crippen LogP contribution is 2.43. The summed E-state index contributed by atoms with van der Waals surface area (Å²) in [4.78, 5) is 2.05. The topological polar surface area (TPSA) is 43.0 Å². The fourth-order valence-electron chi connectivity index (χ4n) is 3.16. The zero-order valence-electron chi connectivity index (χ0n) is 15.6. The van der Waals surface area contributed by atoms with Crippen molar-refractivity contribution in [3.63, 3.8) is 0 Å². The van der Waals surface area contributed by atoms with Crippen LogP contribution in [0.3, 0.4) is 0 Å². The van der Waals surface area contributed by atoms with Crippen LogP contribution >= 0.6 is 24.8 Å². The zero-order valence-corrected chi connectivity index (χ0v) is 17.2. The van der Waals surface area contributed by atoms with E-state index in [1.54, 1.807) is 12.1 Å². The first-order valence-corrected chi connectivity index (χ1v) is 8.21. The van der Waals surface area contributed by atoms with Crippen LogP contribution in [0.25, 0.3) is 0 Å². The van der Waals surface area contributed by atoms with Gasteiger partial charge in [0.1, 0.15) is 17.2 Å². The molecular formula is C17H27Cl2F3N2O3. The lowest BCUT2D eigenvalue weighted by Crippen LogP contribution is -2.45. The van der Waals surface area contributed by atoms with Crippen molar-refractivity contribution in [3.8, 4) is 17.2 Å². The number of hydrogen-bond donors (Lipinski definition) is 1. The standard InChI is InChI=1S/C17H25F3N2O3.2ClH/c1-23-12-10-14(24-2)16(15(11-12)25-3)13(4-5-17(18,19)20)22-8-6-21-7-9-22;;/h10-11,13,21H,4-9H2,1-3H3;2*1H/t13-;;/m1../s1. The second-order valence-corrected chi connectivity index (χ2v) is 5.90. The van der Waals surface area contributed by atoms with E-state index in [0.29, 0.717) is 35.9 Å². The summed E-state index contributed by atoms with van der Waals surface area (Å²) in [6, 6.07) is 2.92. The normalized spacial score (nSPS) is 15.9. The molecule has 0 unspecified atom stereocenters. The van der Waals surface area contributed by atoms with E-state index in [4.69, 9.17) is 14.2 Å². The number of benzene rings is 1. The minimum atomic E-state index is -4.21. The molecule has 1 aliphatic rings. The lowest BCUT2D eigenvalue weighted by Gasteiger charge is -2.36. The van der Waals surface area contributed by atoms with E-state index >= 15 is 0 Å². The lowest BCUT2D eigenvalue weighted by molar-refractivity contribution is -0.138. The molecule has 2 rings (SSSR count). The van der Waals surface area contributed by atoms with Crippen LogP contribution in [-0.4, -0.2) is 58.6 Å². The number of hydrogen-bond acceptors (Lipinski definition) is 5. The van der Waals surface area contributed by atoms with Crippen molar-refractivity contribution < 1.29 is 27.4 Å². The van der Waals surface area contributed by atoms with Crippen molar-refractivity contribution in [3.05, 3.63) is 17.7 Å². The quantitative estimate of drug-likeness (QED) is 0.705. The molecule has 0 radical (unpaired) electrons. The van der Waals surface area contributed by atoms with Gasteiger partial charge in [-0.1, -0.05) is 0 Å². The van der Waals surface area contributed by atoms with Crippen molar-refractivity contribution in [2.24, 2.45) is 0 Å². The molecule has 1 aliphatic heterocycles. The first-order chi connectivity index (χ1) is 11.9. The van der Waals surface area contributed by atoms with E-state index < -0.39 is 18.6 Å². The van der Waals surface area contributed by atoms with Crippen LogP contribution in [0.15, 0.2) is 12.1 Å². The minimum absolute atomic E-state index is 0. The Bertz CT molecular complexity index is 546. The Hall–Kier alpha value is -1.09. The zero-order chi connectivity index (χ0) is 18.4. The SMILES string of the molecule is COc1cc(OC)c([C@@H](CCC(F)(F)F)N2CCNCC2)c(OC)c1.Cl.Cl. The maximum absolute atomic E-state index is 12.9. The molecule has 1 aromatic rings. The summed E-state index contributed by atoms with van der Waals surface area (Å²) in [5.41, 5.74) is 0.636. The average molecular weight is 435 g/mol. The predicted molar refractivity (Wildman–Crippen MR) is 103 cm³/mol. The number of ether oxygens (including phenoxy) is 3. The highest BCUT2D eigenvalue weighted by Gasteiger charge is 2.34. The molecule has 1 heterocycles. The predicted octanol–water partition coefficient (Wildman–Crippen LogP) is 3.84. The molecule has 0 aromatic heterocycles. The van der Waals surface area contributed by atoms with Gasteiger partial charge in [-0.2, -0.15) is 13.2 Å². The Kier molecular flexibility index (Phi) is 11.2. The summed E-state index contributed by atoms with van der Waals surface area (Å²) < 4.78 is 54.7. The van der Waals surface area contributed by atoms with Crippen LogP contribution in [0.4, 0.5) is 13.2 Å². The molecule has 1 fully saturated rings. The van der Waals surface area contributed by atoms with Gasteiger partial charge in [-0.25, -0.2) is 0 Å². The fourth-order valence-corrected chi connectivity index (χ4v) is 3.16. The third kappa shape index (κ3) is 7.10. The Labute approximate surface area is 170 Å². The second kappa shape index (κ2) is 11.7. The summed E-state index contributed by atoms with van der Waals surface area (Å²) in [5.74, 6) is 1.48. The van der Waals surface area contributed by atoms with E-state index in [1.165, 1.54) is 21.3 Å². The van der Waals surface area contributed by atoms with Gasteiger partial charge in [-0.05, 0) is 6.42 Å². The van der Waals surface area contributed by atoms with Crippen molar-refractivity contribution in [2.75, 3.05) is 47.5 Å². The summed E-state index contributed by atoms with van der Waals surface area (Å²) in [6.07, 6.45) is -5.12. The van der Waals surface area contributed by atoms with Crippen LogP contribution in [0.2, 0.25) is 0 Å². The van der Waals surface area contributed by atoms with E-state index in [2.05, 4.69) is 10.2 Å². The largest absolute Gasteiger partial charge is 0.496 e. The molecule has 0 spiro atoms. The molecular weight excluding hydrogens is 408 g/mol. The van der Waals surface area contributed by atoms with Crippen LogP contribution in [-0.2, 0) is 0 Å². The molecule has 0 amide bonds. The van der Waals surface area contributed by atoms with Gasteiger partial charge >= 0.3 is 6.18 Å². The number of nitrogens with zero attached hydrogens (tertiary/aromatic N) is 1. The molecule has 1 atom stereocenters. The van der Waals surface area contributed by atoms with Gasteiger partial charge in [-0.15, -0.1) is 24.8 Å². The first-order valence-electron chi connectivity index (χ1n) is 8.21. The number of nitrogens with one attached hydrogen (secondary N) is 1. The molecule has 10 heteroatoms. The third-order valence-electron chi connectivity index (χ3n) is 4.38. The van der Waals surface area contributed by atoms with Gasteiger partial charge in [0.15, 0.2) is 0 Å². The Morgan fingerprint density at radius 1 is 1.00 bits per heavy atom. The van der Waals surface area contributed by atoms with Crippen molar-refractivity contribution in [2.45, 2.75) is 25.1 Å². The van der Waals surface area contributed by atoms with E-state index in [9.17, 15) is 13.2 Å². The number of piperazine rings is 1. The molecule has 5 nitrogen and oxygen atoms in total. The molecule has 158 valence electrons. The maximum Gasteiger partial charge on any atom is 0.389 e. The monoisotopic (exact) mass is 434 g/mol. The van der Waals surface area contributed by atoms with Crippen LogP contribution < -0.4 is 19.5 Å². The van der Waals surface area contributed by atoms with Gasteiger partial charge in [0, 0.05) is 50.8 Å². The number of halogens is 5. The van der Waals surface area contributed by atoms with Crippen LogP contribution in [0.1, 0.15) is 24.4 Å². The highest BCUT2D eigenvalue weighted by molar-refractivity contribution is 5.85. The molecule has 1 aromatic carbocycles. The maximum atomic E-state index is 12.9. The van der Waals surface area contributed by atoms with E-state index in [0.717, 1.165) is 13.1 Å². The number of alkyl halides is 3. The number of rotatable bonds is 7. The molecule has 27 heavy (non-hydrogen) atoms. The van der Waals surface area contributed by atoms with Crippen molar-refractivity contribution in [1.29, 1.82) is 0 Å². The first kappa shape index (κ1) is 25.9. The Morgan fingerprint density at radius 2 is 1.52 bits per heavy atom. The van der Waals surface area contributed by atoms with Gasteiger partial charge in [0.2, 0.25) is 0 Å². The Morgan fingerprint density at radius 3 is 1.93 bits per heavy atom. The second-order valence-electron chi connectivity index (χ2n) is 5.90. The van der Waals surface area contributed by atoms with Gasteiger partial charge in [-0.3, -0.25) is 4.90 Å².